The molecule has 17 heavy (non-hydrogen) atoms. The van der Waals surface area contributed by atoms with Crippen molar-refractivity contribution in [3.63, 3.8) is 0 Å². The third kappa shape index (κ3) is 3.49. The van der Waals surface area contributed by atoms with Crippen molar-refractivity contribution in [1.29, 1.82) is 0 Å². The van der Waals surface area contributed by atoms with E-state index in [-0.39, 0.29) is 0 Å². The number of para-hydroxylation sites is 1. The van der Waals surface area contributed by atoms with Crippen LogP contribution in [0.4, 0.5) is 5.69 Å². The van der Waals surface area contributed by atoms with E-state index in [1.165, 1.54) is 16.1 Å². The summed E-state index contributed by atoms with van der Waals surface area (Å²) in [6, 6.07) is 12.5. The molecule has 3 heteroatoms. The molecule has 1 aromatic carbocycles. The molecule has 0 saturated carbocycles. The van der Waals surface area contributed by atoms with Gasteiger partial charge in [0.2, 0.25) is 0 Å². The van der Waals surface area contributed by atoms with E-state index < -0.39 is 0 Å². The van der Waals surface area contributed by atoms with Crippen LogP contribution in [0.5, 0.6) is 0 Å². The molecule has 88 valence electrons. The normalized spacial score (nSPS) is 10.2. The van der Waals surface area contributed by atoms with Gasteiger partial charge in [-0.25, -0.2) is 0 Å². The molecule has 0 spiro atoms. The smallest absolute Gasteiger partial charge is 0.0481 e. The predicted molar refractivity (Wildman–Crippen MR) is 74.4 cm³/mol. The number of nitrogens with zero attached hydrogens (tertiary/aromatic N) is 1. The number of nitrogens with one attached hydrogen (secondary N) is 1. The van der Waals surface area contributed by atoms with E-state index in [2.05, 4.69) is 41.5 Å². The first kappa shape index (κ1) is 12.0. The van der Waals surface area contributed by atoms with Crippen LogP contribution in [0.2, 0.25) is 0 Å². The van der Waals surface area contributed by atoms with E-state index >= 15 is 0 Å². The summed E-state index contributed by atoms with van der Waals surface area (Å²) in [5.74, 6) is 1.09. The minimum absolute atomic E-state index is 0.837. The van der Waals surface area contributed by atoms with Crippen molar-refractivity contribution in [3.8, 4) is 0 Å². The topological polar surface area (TPSA) is 24.9 Å². The van der Waals surface area contributed by atoms with Gasteiger partial charge in [0.15, 0.2) is 0 Å². The van der Waals surface area contributed by atoms with Gasteiger partial charge >= 0.3 is 0 Å². The van der Waals surface area contributed by atoms with Crippen molar-refractivity contribution in [1.82, 2.24) is 4.98 Å². The Hall–Kier alpha value is -1.48. The third-order valence-electron chi connectivity index (χ3n) is 2.42. The molecule has 2 nitrogen and oxygen atoms in total. The fourth-order valence-electron chi connectivity index (χ4n) is 1.59. The van der Waals surface area contributed by atoms with Crippen LogP contribution in [-0.2, 0) is 6.54 Å². The molecule has 0 bridgehead atoms. The lowest BCUT2D eigenvalue weighted by atomic mass is 10.2. The molecule has 0 amide bonds. The maximum atomic E-state index is 4.02. The van der Waals surface area contributed by atoms with Crippen LogP contribution in [0.15, 0.2) is 53.7 Å². The van der Waals surface area contributed by atoms with Gasteiger partial charge in [0, 0.05) is 29.5 Å². The van der Waals surface area contributed by atoms with Crippen molar-refractivity contribution in [2.24, 2.45) is 0 Å². The summed E-state index contributed by atoms with van der Waals surface area (Å²) < 4.78 is 0. The molecule has 0 unspecified atom stereocenters. The van der Waals surface area contributed by atoms with Gasteiger partial charge < -0.3 is 5.32 Å². The number of rotatable bonds is 5. The second-order valence-electron chi connectivity index (χ2n) is 3.64. The van der Waals surface area contributed by atoms with E-state index in [4.69, 9.17) is 0 Å². The van der Waals surface area contributed by atoms with Gasteiger partial charge in [0.1, 0.15) is 0 Å². The maximum Gasteiger partial charge on any atom is 0.0481 e. The minimum atomic E-state index is 0.837. The lowest BCUT2D eigenvalue weighted by molar-refractivity contribution is 1.11. The van der Waals surface area contributed by atoms with Crippen LogP contribution in [0, 0.1) is 0 Å². The van der Waals surface area contributed by atoms with E-state index in [0.29, 0.717) is 0 Å². The molecule has 1 aromatic heterocycles. The zero-order valence-electron chi connectivity index (χ0n) is 9.89. The largest absolute Gasteiger partial charge is 0.380 e. The molecule has 0 atom stereocenters. The molecule has 0 fully saturated rings. The zero-order valence-corrected chi connectivity index (χ0v) is 10.7. The van der Waals surface area contributed by atoms with Crippen molar-refractivity contribution < 1.29 is 0 Å². The van der Waals surface area contributed by atoms with Gasteiger partial charge in [-0.05, 0) is 35.6 Å². The van der Waals surface area contributed by atoms with Gasteiger partial charge in [-0.15, -0.1) is 11.8 Å². The first-order chi connectivity index (χ1) is 8.40. The molecule has 0 aliphatic carbocycles. The summed E-state index contributed by atoms with van der Waals surface area (Å²) >= 11 is 1.86. The van der Waals surface area contributed by atoms with E-state index in [9.17, 15) is 0 Å². The van der Waals surface area contributed by atoms with E-state index in [1.54, 1.807) is 0 Å². The number of aromatic nitrogens is 1. The van der Waals surface area contributed by atoms with Crippen molar-refractivity contribution in [3.05, 3.63) is 54.4 Å². The Morgan fingerprint density at radius 3 is 2.65 bits per heavy atom. The number of hydrogen-bond donors (Lipinski definition) is 1. The zero-order chi connectivity index (χ0) is 11.9. The fourth-order valence-corrected chi connectivity index (χ4v) is 2.37. The van der Waals surface area contributed by atoms with Crippen LogP contribution < -0.4 is 5.32 Å². The lowest BCUT2D eigenvalue weighted by Crippen LogP contribution is -2.00. The minimum Gasteiger partial charge on any atom is -0.380 e. The first-order valence-electron chi connectivity index (χ1n) is 5.74. The average molecular weight is 244 g/mol. The number of thioether (sulfide) groups is 1. The second-order valence-corrected chi connectivity index (χ2v) is 4.94. The van der Waals surface area contributed by atoms with E-state index in [0.717, 1.165) is 12.3 Å². The Kier molecular flexibility index (Phi) is 4.45. The Morgan fingerprint density at radius 1 is 1.12 bits per heavy atom. The summed E-state index contributed by atoms with van der Waals surface area (Å²) in [4.78, 5) is 5.32. The highest BCUT2D eigenvalue weighted by Crippen LogP contribution is 2.26. The van der Waals surface area contributed by atoms with Crippen LogP contribution >= 0.6 is 11.8 Å². The SMILES string of the molecule is CCSc1ccccc1NCc1ccncc1. The third-order valence-corrected chi connectivity index (χ3v) is 3.37. The molecule has 2 rings (SSSR count). The van der Waals surface area contributed by atoms with Crippen molar-refractivity contribution >= 4 is 17.4 Å². The molecule has 0 aliphatic heterocycles. The molecular weight excluding hydrogens is 228 g/mol. The maximum absolute atomic E-state index is 4.02. The number of pyridine rings is 1. The number of hydrogen-bond acceptors (Lipinski definition) is 3. The lowest BCUT2D eigenvalue weighted by Gasteiger charge is -2.10. The quantitative estimate of drug-likeness (QED) is 0.810. The highest BCUT2D eigenvalue weighted by atomic mass is 32.2. The highest BCUT2D eigenvalue weighted by molar-refractivity contribution is 7.99. The Bertz CT molecular complexity index is 457. The van der Waals surface area contributed by atoms with Crippen LogP contribution in [0.3, 0.4) is 0 Å². The number of benzene rings is 1. The number of anilines is 1. The first-order valence-corrected chi connectivity index (χ1v) is 6.73. The fraction of sp³-hybridized carbons (Fsp3) is 0.214. The van der Waals surface area contributed by atoms with Gasteiger partial charge in [0.05, 0.1) is 0 Å². The summed E-state index contributed by atoms with van der Waals surface area (Å²) in [5.41, 5.74) is 2.45. The van der Waals surface area contributed by atoms with Gasteiger partial charge in [-0.1, -0.05) is 19.1 Å². The summed E-state index contributed by atoms with van der Waals surface area (Å²) in [5, 5.41) is 3.47. The molecule has 0 saturated heterocycles. The van der Waals surface area contributed by atoms with E-state index in [1.807, 2.05) is 36.3 Å². The monoisotopic (exact) mass is 244 g/mol. The molecule has 1 N–H and O–H groups in total. The second kappa shape index (κ2) is 6.30. The highest BCUT2D eigenvalue weighted by Gasteiger charge is 2.00. The van der Waals surface area contributed by atoms with Crippen molar-refractivity contribution in [2.75, 3.05) is 11.1 Å². The molecule has 1 heterocycles. The Labute approximate surface area is 106 Å². The van der Waals surface area contributed by atoms with Gasteiger partial charge in [-0.2, -0.15) is 0 Å². The van der Waals surface area contributed by atoms with Gasteiger partial charge in [-0.3, -0.25) is 4.98 Å². The summed E-state index contributed by atoms with van der Waals surface area (Å²) in [7, 11) is 0. The summed E-state index contributed by atoms with van der Waals surface area (Å²) in [6.07, 6.45) is 3.65. The summed E-state index contributed by atoms with van der Waals surface area (Å²) in [6.45, 7) is 3.01. The molecular formula is C14H16N2S. The standard InChI is InChI=1S/C14H16N2S/c1-2-17-14-6-4-3-5-13(14)16-11-12-7-9-15-10-8-12/h3-10,16H,2,11H2,1H3. The average Bonchev–Trinajstić information content (AvgIpc) is 2.39. The van der Waals surface area contributed by atoms with Crippen LogP contribution in [0.1, 0.15) is 12.5 Å². The molecule has 2 aromatic rings. The van der Waals surface area contributed by atoms with Crippen LogP contribution in [-0.4, -0.2) is 10.7 Å². The van der Waals surface area contributed by atoms with Crippen molar-refractivity contribution in [2.45, 2.75) is 18.4 Å². The molecule has 0 aliphatic rings. The Morgan fingerprint density at radius 2 is 1.88 bits per heavy atom. The predicted octanol–water partition coefficient (Wildman–Crippen LogP) is 3.81. The van der Waals surface area contributed by atoms with Gasteiger partial charge in [0.25, 0.3) is 0 Å². The molecule has 0 radical (unpaired) electrons. The van der Waals surface area contributed by atoms with Crippen LogP contribution in [0.25, 0.3) is 0 Å². The Balaban J connectivity index is 2.03.